The molecule has 27 heavy (non-hydrogen) atoms. The van der Waals surface area contributed by atoms with Crippen molar-refractivity contribution in [3.63, 3.8) is 0 Å². The molecule has 0 spiro atoms. The van der Waals surface area contributed by atoms with Crippen LogP contribution in [-0.4, -0.2) is 41.0 Å². The lowest BCUT2D eigenvalue weighted by Crippen LogP contribution is -2.48. The summed E-state index contributed by atoms with van der Waals surface area (Å²) >= 11 is 6.05. The van der Waals surface area contributed by atoms with Crippen LogP contribution in [0.2, 0.25) is 5.28 Å². The molecule has 2 aromatic carbocycles. The van der Waals surface area contributed by atoms with E-state index < -0.39 is 0 Å². The minimum atomic E-state index is 0.269. The van der Waals surface area contributed by atoms with Crippen molar-refractivity contribution in [2.75, 3.05) is 31.1 Å². The Hall–Kier alpha value is -2.43. The highest BCUT2D eigenvalue weighted by Crippen LogP contribution is 2.30. The molecule has 0 bridgehead atoms. The number of hydrogen-bond donors (Lipinski definition) is 0. The lowest BCUT2D eigenvalue weighted by atomic mass is 9.96. The van der Waals surface area contributed by atoms with Gasteiger partial charge in [-0.05, 0) is 29.7 Å². The summed E-state index contributed by atoms with van der Waals surface area (Å²) < 4.78 is 0. The molecule has 5 heteroatoms. The summed E-state index contributed by atoms with van der Waals surface area (Å²) in [6, 6.07) is 23.8. The topological polar surface area (TPSA) is 32.3 Å². The quantitative estimate of drug-likeness (QED) is 0.632. The van der Waals surface area contributed by atoms with Crippen LogP contribution in [0.3, 0.4) is 0 Å². The van der Waals surface area contributed by atoms with Crippen molar-refractivity contribution in [3.05, 3.63) is 88.8 Å². The lowest BCUT2D eigenvalue weighted by Gasteiger charge is -2.40. The highest BCUT2D eigenvalue weighted by molar-refractivity contribution is 6.28. The largest absolute Gasteiger partial charge is 0.354 e. The van der Waals surface area contributed by atoms with Gasteiger partial charge in [-0.2, -0.15) is 0 Å². The van der Waals surface area contributed by atoms with Gasteiger partial charge >= 0.3 is 0 Å². The minimum Gasteiger partial charge on any atom is -0.354 e. The standard InChI is InChI=1S/C22H23ClN4/c1-17-16-20(25-22(23)24-17)26-12-14-27(15-13-26)21(18-8-4-2-5-9-18)19-10-6-3-7-11-19/h2-11,16,21H,12-15H2,1H3. The summed E-state index contributed by atoms with van der Waals surface area (Å²) in [6.07, 6.45) is 0. The van der Waals surface area contributed by atoms with Gasteiger partial charge in [0.05, 0.1) is 6.04 Å². The fraction of sp³-hybridized carbons (Fsp3) is 0.273. The maximum Gasteiger partial charge on any atom is 0.224 e. The predicted molar refractivity (Wildman–Crippen MR) is 110 cm³/mol. The molecule has 0 unspecified atom stereocenters. The highest BCUT2D eigenvalue weighted by Gasteiger charge is 2.27. The fourth-order valence-electron chi connectivity index (χ4n) is 3.77. The maximum atomic E-state index is 6.05. The first-order chi connectivity index (χ1) is 13.2. The SMILES string of the molecule is Cc1cc(N2CCN(C(c3ccccc3)c3ccccc3)CC2)nc(Cl)n1. The molecule has 0 atom stereocenters. The summed E-state index contributed by atoms with van der Waals surface area (Å²) in [6.45, 7) is 5.73. The summed E-state index contributed by atoms with van der Waals surface area (Å²) in [5.41, 5.74) is 3.56. The molecule has 3 aromatic rings. The molecule has 1 saturated heterocycles. The zero-order valence-electron chi connectivity index (χ0n) is 15.4. The predicted octanol–water partition coefficient (Wildman–Crippen LogP) is 4.35. The molecule has 0 radical (unpaired) electrons. The molecule has 0 amide bonds. The van der Waals surface area contributed by atoms with Crippen molar-refractivity contribution < 1.29 is 0 Å². The highest BCUT2D eigenvalue weighted by atomic mass is 35.5. The van der Waals surface area contributed by atoms with Crippen LogP contribution in [0.5, 0.6) is 0 Å². The molecule has 1 fully saturated rings. The molecular formula is C22H23ClN4. The van der Waals surface area contributed by atoms with E-state index in [1.54, 1.807) is 0 Å². The number of piperazine rings is 1. The molecule has 1 aliphatic heterocycles. The third-order valence-corrected chi connectivity index (χ3v) is 5.22. The van der Waals surface area contributed by atoms with Crippen LogP contribution in [0, 0.1) is 6.92 Å². The number of benzene rings is 2. The average Bonchev–Trinajstić information content (AvgIpc) is 2.70. The Balaban J connectivity index is 1.55. The van der Waals surface area contributed by atoms with Crippen LogP contribution >= 0.6 is 11.6 Å². The van der Waals surface area contributed by atoms with Gasteiger partial charge in [0.1, 0.15) is 5.82 Å². The summed E-state index contributed by atoms with van der Waals surface area (Å²) in [5.74, 6) is 0.920. The third kappa shape index (κ3) is 4.12. The molecule has 1 aliphatic rings. The molecule has 0 aliphatic carbocycles. The smallest absolute Gasteiger partial charge is 0.224 e. The Labute approximate surface area is 165 Å². The monoisotopic (exact) mass is 378 g/mol. The Morgan fingerprint density at radius 1 is 0.815 bits per heavy atom. The molecule has 4 nitrogen and oxygen atoms in total. The van der Waals surface area contributed by atoms with E-state index in [9.17, 15) is 0 Å². The van der Waals surface area contributed by atoms with E-state index in [0.29, 0.717) is 5.28 Å². The summed E-state index contributed by atoms with van der Waals surface area (Å²) in [4.78, 5) is 13.4. The van der Waals surface area contributed by atoms with E-state index in [-0.39, 0.29) is 6.04 Å². The Kier molecular flexibility index (Phi) is 5.37. The van der Waals surface area contributed by atoms with E-state index in [1.807, 2.05) is 13.0 Å². The number of nitrogens with zero attached hydrogens (tertiary/aromatic N) is 4. The first-order valence-electron chi connectivity index (χ1n) is 9.31. The van der Waals surface area contributed by atoms with Crippen molar-refractivity contribution in [1.29, 1.82) is 0 Å². The minimum absolute atomic E-state index is 0.269. The third-order valence-electron chi connectivity index (χ3n) is 5.05. The van der Waals surface area contributed by atoms with Gasteiger partial charge < -0.3 is 4.90 Å². The molecule has 2 heterocycles. The molecule has 0 saturated carbocycles. The van der Waals surface area contributed by atoms with Crippen LogP contribution in [-0.2, 0) is 0 Å². The zero-order valence-corrected chi connectivity index (χ0v) is 16.2. The van der Waals surface area contributed by atoms with Gasteiger partial charge in [0.25, 0.3) is 0 Å². The fourth-order valence-corrected chi connectivity index (χ4v) is 3.99. The van der Waals surface area contributed by atoms with Crippen LogP contribution < -0.4 is 4.90 Å². The summed E-state index contributed by atoms with van der Waals surface area (Å²) in [5, 5.41) is 0.318. The second kappa shape index (κ2) is 8.07. The number of anilines is 1. The second-order valence-electron chi connectivity index (χ2n) is 6.88. The number of rotatable bonds is 4. The normalized spacial score (nSPS) is 15.3. The van der Waals surface area contributed by atoms with Crippen molar-refractivity contribution in [2.45, 2.75) is 13.0 Å². The van der Waals surface area contributed by atoms with Gasteiger partial charge in [-0.15, -0.1) is 0 Å². The van der Waals surface area contributed by atoms with Gasteiger partial charge in [0, 0.05) is 37.9 Å². The second-order valence-corrected chi connectivity index (χ2v) is 7.22. The number of aromatic nitrogens is 2. The van der Waals surface area contributed by atoms with Crippen molar-refractivity contribution in [3.8, 4) is 0 Å². The molecule has 1 aromatic heterocycles. The van der Waals surface area contributed by atoms with Crippen LogP contribution in [0.4, 0.5) is 5.82 Å². The van der Waals surface area contributed by atoms with Gasteiger partial charge in [0.2, 0.25) is 5.28 Å². The van der Waals surface area contributed by atoms with Gasteiger partial charge in [-0.1, -0.05) is 60.7 Å². The van der Waals surface area contributed by atoms with E-state index in [2.05, 4.69) is 80.4 Å². The van der Waals surface area contributed by atoms with Crippen molar-refractivity contribution >= 4 is 17.4 Å². The average molecular weight is 379 g/mol. The zero-order chi connectivity index (χ0) is 18.6. The van der Waals surface area contributed by atoms with Gasteiger partial charge in [-0.3, -0.25) is 4.90 Å². The van der Waals surface area contributed by atoms with E-state index >= 15 is 0 Å². The molecule has 138 valence electrons. The van der Waals surface area contributed by atoms with Gasteiger partial charge in [-0.25, -0.2) is 9.97 Å². The van der Waals surface area contributed by atoms with Crippen molar-refractivity contribution in [2.24, 2.45) is 0 Å². The maximum absolute atomic E-state index is 6.05. The first kappa shape index (κ1) is 18.0. The number of aryl methyl sites for hydroxylation is 1. The Bertz CT molecular complexity index is 818. The molecule has 4 rings (SSSR count). The van der Waals surface area contributed by atoms with Gasteiger partial charge in [0.15, 0.2) is 0 Å². The van der Waals surface area contributed by atoms with Crippen LogP contribution in [0.15, 0.2) is 66.7 Å². The summed E-state index contributed by atoms with van der Waals surface area (Å²) in [7, 11) is 0. The Morgan fingerprint density at radius 3 is 1.89 bits per heavy atom. The van der Waals surface area contributed by atoms with E-state index in [4.69, 9.17) is 11.6 Å². The van der Waals surface area contributed by atoms with Crippen LogP contribution in [0.25, 0.3) is 0 Å². The van der Waals surface area contributed by atoms with Crippen LogP contribution in [0.1, 0.15) is 22.9 Å². The number of hydrogen-bond acceptors (Lipinski definition) is 4. The molecule has 0 N–H and O–H groups in total. The van der Waals surface area contributed by atoms with E-state index in [0.717, 1.165) is 37.7 Å². The lowest BCUT2D eigenvalue weighted by molar-refractivity contribution is 0.212. The first-order valence-corrected chi connectivity index (χ1v) is 9.68. The number of halogens is 1. The van der Waals surface area contributed by atoms with Crippen molar-refractivity contribution in [1.82, 2.24) is 14.9 Å². The Morgan fingerprint density at radius 2 is 1.37 bits per heavy atom. The molecular weight excluding hydrogens is 356 g/mol. The van der Waals surface area contributed by atoms with E-state index in [1.165, 1.54) is 11.1 Å².